The second kappa shape index (κ2) is 4.68. The lowest BCUT2D eigenvalue weighted by Gasteiger charge is -2.05. The van der Waals surface area contributed by atoms with E-state index in [4.69, 9.17) is 16.3 Å². The number of pyridine rings is 2. The number of nitrogens with zero attached hydrogens (tertiary/aromatic N) is 2. The smallest absolute Gasteiger partial charge is 0.337 e. The normalized spacial score (nSPS) is 11.4. The van der Waals surface area contributed by atoms with Gasteiger partial charge in [-0.05, 0) is 23.6 Å². The standard InChI is InChI=1S/C16H10ClN3O2/c1-22-16(21)8-2-3-9-10(6-8)14(17)20-15-13(9)11-7-18-5-4-12(11)19-15/h2-7H,1H3,(H,19,20). The number of hydrogen-bond donors (Lipinski definition) is 1. The van der Waals surface area contributed by atoms with Gasteiger partial charge in [-0.25, -0.2) is 9.78 Å². The molecule has 5 nitrogen and oxygen atoms in total. The van der Waals surface area contributed by atoms with E-state index in [1.165, 1.54) is 7.11 Å². The van der Waals surface area contributed by atoms with E-state index in [0.717, 1.165) is 21.7 Å². The molecule has 0 bridgehead atoms. The minimum Gasteiger partial charge on any atom is -0.465 e. The molecule has 0 aliphatic rings. The molecule has 4 rings (SSSR count). The van der Waals surface area contributed by atoms with Crippen LogP contribution in [0.5, 0.6) is 0 Å². The predicted octanol–water partition coefficient (Wildman–Crippen LogP) is 3.70. The van der Waals surface area contributed by atoms with Crippen LogP contribution in [-0.2, 0) is 4.74 Å². The van der Waals surface area contributed by atoms with E-state index >= 15 is 0 Å². The van der Waals surface area contributed by atoms with Gasteiger partial charge in [0.1, 0.15) is 10.8 Å². The molecule has 0 saturated heterocycles. The highest BCUT2D eigenvalue weighted by Crippen LogP contribution is 2.34. The molecule has 0 fully saturated rings. The van der Waals surface area contributed by atoms with Crippen molar-refractivity contribution in [2.24, 2.45) is 0 Å². The minimum absolute atomic E-state index is 0.341. The van der Waals surface area contributed by atoms with E-state index in [9.17, 15) is 4.79 Å². The first kappa shape index (κ1) is 13.0. The number of carbonyl (C=O) groups is 1. The highest BCUT2D eigenvalue weighted by Gasteiger charge is 2.14. The first-order valence-corrected chi connectivity index (χ1v) is 7.00. The zero-order valence-electron chi connectivity index (χ0n) is 11.6. The van der Waals surface area contributed by atoms with Crippen molar-refractivity contribution in [3.63, 3.8) is 0 Å². The number of aromatic nitrogens is 3. The van der Waals surface area contributed by atoms with Crippen molar-refractivity contribution in [2.45, 2.75) is 0 Å². The van der Waals surface area contributed by atoms with Gasteiger partial charge in [0, 0.05) is 28.6 Å². The third kappa shape index (κ3) is 1.76. The summed E-state index contributed by atoms with van der Waals surface area (Å²) < 4.78 is 4.75. The van der Waals surface area contributed by atoms with Gasteiger partial charge >= 0.3 is 5.97 Å². The number of nitrogens with one attached hydrogen (secondary N) is 1. The van der Waals surface area contributed by atoms with Crippen molar-refractivity contribution >= 4 is 50.3 Å². The molecule has 0 saturated carbocycles. The summed E-state index contributed by atoms with van der Waals surface area (Å²) in [5.41, 5.74) is 2.08. The van der Waals surface area contributed by atoms with Gasteiger partial charge in [0.05, 0.1) is 18.2 Å². The fourth-order valence-corrected chi connectivity index (χ4v) is 2.95. The number of benzene rings is 1. The molecule has 1 N–H and O–H groups in total. The van der Waals surface area contributed by atoms with E-state index < -0.39 is 5.97 Å². The van der Waals surface area contributed by atoms with Crippen LogP contribution in [0.1, 0.15) is 10.4 Å². The van der Waals surface area contributed by atoms with E-state index in [1.807, 2.05) is 12.1 Å². The summed E-state index contributed by atoms with van der Waals surface area (Å²) >= 11 is 6.28. The monoisotopic (exact) mass is 311 g/mol. The average Bonchev–Trinajstić information content (AvgIpc) is 2.92. The summed E-state index contributed by atoms with van der Waals surface area (Å²) in [4.78, 5) is 23.5. The number of esters is 1. The number of halogens is 1. The van der Waals surface area contributed by atoms with Crippen molar-refractivity contribution < 1.29 is 9.53 Å². The lowest BCUT2D eigenvalue weighted by Crippen LogP contribution is -2.00. The maximum absolute atomic E-state index is 11.7. The summed E-state index contributed by atoms with van der Waals surface area (Å²) in [6.07, 6.45) is 3.51. The largest absolute Gasteiger partial charge is 0.465 e. The lowest BCUT2D eigenvalue weighted by atomic mass is 10.0. The Hall–Kier alpha value is -2.66. The Kier molecular flexibility index (Phi) is 2.77. The molecular formula is C16H10ClN3O2. The van der Waals surface area contributed by atoms with Crippen LogP contribution in [0, 0.1) is 0 Å². The molecule has 108 valence electrons. The number of ether oxygens (including phenoxy) is 1. The number of methoxy groups -OCH3 is 1. The number of aromatic amines is 1. The van der Waals surface area contributed by atoms with Gasteiger partial charge in [-0.3, -0.25) is 4.98 Å². The maximum atomic E-state index is 11.7. The van der Waals surface area contributed by atoms with Gasteiger partial charge in [-0.1, -0.05) is 17.7 Å². The SMILES string of the molecule is COC(=O)c1ccc2c(c1)c(Cl)nc1[nH]c3ccncc3c12. The number of fused-ring (bicyclic) bond motifs is 5. The van der Waals surface area contributed by atoms with Crippen LogP contribution in [0.25, 0.3) is 32.7 Å². The highest BCUT2D eigenvalue weighted by molar-refractivity contribution is 6.37. The molecule has 22 heavy (non-hydrogen) atoms. The van der Waals surface area contributed by atoms with Gasteiger partial charge in [-0.15, -0.1) is 0 Å². The molecule has 0 radical (unpaired) electrons. The fraction of sp³-hybridized carbons (Fsp3) is 0.0625. The Labute approximate surface area is 129 Å². The topological polar surface area (TPSA) is 67.9 Å². The predicted molar refractivity (Wildman–Crippen MR) is 85.3 cm³/mol. The first-order chi connectivity index (χ1) is 10.7. The Morgan fingerprint density at radius 1 is 1.23 bits per heavy atom. The zero-order valence-corrected chi connectivity index (χ0v) is 12.3. The third-order valence-electron chi connectivity index (χ3n) is 3.72. The number of hydrogen-bond acceptors (Lipinski definition) is 4. The van der Waals surface area contributed by atoms with Gasteiger partial charge < -0.3 is 9.72 Å². The minimum atomic E-state index is -0.404. The molecular weight excluding hydrogens is 302 g/mol. The molecule has 0 aliphatic heterocycles. The van der Waals surface area contributed by atoms with Gasteiger partial charge in [0.2, 0.25) is 0 Å². The molecule has 1 aromatic carbocycles. The molecule has 0 unspecified atom stereocenters. The molecule has 6 heteroatoms. The summed E-state index contributed by atoms with van der Waals surface area (Å²) in [6.45, 7) is 0. The van der Waals surface area contributed by atoms with Crippen LogP contribution in [-0.4, -0.2) is 28.0 Å². The third-order valence-corrected chi connectivity index (χ3v) is 4.01. The zero-order chi connectivity index (χ0) is 15.3. The van der Waals surface area contributed by atoms with E-state index in [-0.39, 0.29) is 0 Å². The summed E-state index contributed by atoms with van der Waals surface area (Å²) in [6, 6.07) is 7.17. The maximum Gasteiger partial charge on any atom is 0.337 e. The summed E-state index contributed by atoms with van der Waals surface area (Å²) in [5.74, 6) is -0.404. The molecule has 3 aromatic heterocycles. The van der Waals surface area contributed by atoms with Crippen LogP contribution >= 0.6 is 11.6 Å². The fourth-order valence-electron chi connectivity index (χ4n) is 2.71. The van der Waals surface area contributed by atoms with Crippen LogP contribution in [0.3, 0.4) is 0 Å². The number of rotatable bonds is 1. The quantitative estimate of drug-likeness (QED) is 0.430. The van der Waals surface area contributed by atoms with E-state index in [2.05, 4.69) is 15.0 Å². The van der Waals surface area contributed by atoms with E-state index in [0.29, 0.717) is 21.7 Å². The van der Waals surface area contributed by atoms with Crippen molar-refractivity contribution in [1.82, 2.24) is 15.0 Å². The van der Waals surface area contributed by atoms with Crippen LogP contribution in [0.2, 0.25) is 5.15 Å². The first-order valence-electron chi connectivity index (χ1n) is 6.62. The Morgan fingerprint density at radius 3 is 2.91 bits per heavy atom. The number of carbonyl (C=O) groups excluding carboxylic acids is 1. The highest BCUT2D eigenvalue weighted by atomic mass is 35.5. The van der Waals surface area contributed by atoms with Gasteiger partial charge in [0.15, 0.2) is 0 Å². The van der Waals surface area contributed by atoms with Crippen molar-refractivity contribution in [3.05, 3.63) is 47.4 Å². The van der Waals surface area contributed by atoms with Crippen molar-refractivity contribution in [1.29, 1.82) is 0 Å². The van der Waals surface area contributed by atoms with Crippen LogP contribution in [0.4, 0.5) is 0 Å². The Bertz CT molecular complexity index is 1060. The molecule has 3 heterocycles. The van der Waals surface area contributed by atoms with Crippen LogP contribution < -0.4 is 0 Å². The number of H-pyrrole nitrogens is 1. The second-order valence-electron chi connectivity index (χ2n) is 4.92. The Morgan fingerprint density at radius 2 is 2.09 bits per heavy atom. The Balaban J connectivity index is 2.16. The second-order valence-corrected chi connectivity index (χ2v) is 5.28. The van der Waals surface area contributed by atoms with Crippen molar-refractivity contribution in [3.8, 4) is 0 Å². The summed E-state index contributed by atoms with van der Waals surface area (Å²) in [7, 11) is 1.35. The van der Waals surface area contributed by atoms with Crippen molar-refractivity contribution in [2.75, 3.05) is 7.11 Å². The molecule has 0 atom stereocenters. The molecule has 0 spiro atoms. The average molecular weight is 312 g/mol. The van der Waals surface area contributed by atoms with Gasteiger partial charge in [0.25, 0.3) is 0 Å². The van der Waals surface area contributed by atoms with Crippen LogP contribution in [0.15, 0.2) is 36.7 Å². The van der Waals surface area contributed by atoms with E-state index in [1.54, 1.807) is 24.5 Å². The lowest BCUT2D eigenvalue weighted by molar-refractivity contribution is 0.0601. The summed E-state index contributed by atoms with van der Waals surface area (Å²) in [5, 5.41) is 3.88. The molecule has 0 aliphatic carbocycles. The van der Waals surface area contributed by atoms with Gasteiger partial charge in [-0.2, -0.15) is 0 Å². The molecule has 4 aromatic rings. The molecule has 0 amide bonds.